The van der Waals surface area contributed by atoms with E-state index < -0.39 is 17.6 Å². The number of halogens is 3. The molecule has 2 aromatic rings. The third-order valence-corrected chi connectivity index (χ3v) is 7.48. The van der Waals surface area contributed by atoms with Gasteiger partial charge in [0.05, 0.1) is 18.2 Å². The number of alkyl halides is 3. The second-order valence-corrected chi connectivity index (χ2v) is 11.9. The lowest BCUT2D eigenvalue weighted by atomic mass is 9.80. The second-order valence-electron chi connectivity index (χ2n) is 11.9. The van der Waals surface area contributed by atoms with Gasteiger partial charge in [0.2, 0.25) is 5.91 Å². The number of urea groups is 1. The molecule has 4 rings (SSSR count). The van der Waals surface area contributed by atoms with Crippen LogP contribution in [0.3, 0.4) is 0 Å². The van der Waals surface area contributed by atoms with Gasteiger partial charge in [-0.25, -0.2) is 4.79 Å². The van der Waals surface area contributed by atoms with Crippen molar-refractivity contribution >= 4 is 23.5 Å². The van der Waals surface area contributed by atoms with Crippen LogP contribution >= 0.6 is 0 Å². The number of anilines is 1. The first-order valence-corrected chi connectivity index (χ1v) is 13.9. The summed E-state index contributed by atoms with van der Waals surface area (Å²) in [6.45, 7) is 6.96. The number of hydrogen-bond acceptors (Lipinski definition) is 4. The van der Waals surface area contributed by atoms with Gasteiger partial charge in [-0.2, -0.15) is 13.2 Å². The molecule has 4 amide bonds. The number of nitrogens with one attached hydrogen (secondary N) is 4. The Morgan fingerprint density at radius 3 is 2.20 bits per heavy atom. The molecule has 1 aliphatic heterocycles. The Balaban J connectivity index is 1.14. The highest BCUT2D eigenvalue weighted by Crippen LogP contribution is 2.36. The molecular formula is C30H38F3N5O3. The molecule has 8 nitrogen and oxygen atoms in total. The molecule has 2 aliphatic rings. The van der Waals surface area contributed by atoms with E-state index in [2.05, 4.69) is 38.3 Å². The van der Waals surface area contributed by atoms with Crippen molar-refractivity contribution in [3.63, 3.8) is 0 Å². The highest BCUT2D eigenvalue weighted by atomic mass is 19.4. The van der Waals surface area contributed by atoms with Gasteiger partial charge in [-0.15, -0.1) is 0 Å². The van der Waals surface area contributed by atoms with E-state index in [1.165, 1.54) is 17.7 Å². The molecule has 0 radical (unpaired) electrons. The number of nitrogens with zero attached hydrogens (tertiary/aromatic N) is 1. The van der Waals surface area contributed by atoms with E-state index in [9.17, 15) is 27.6 Å². The molecule has 4 N–H and O–H groups in total. The summed E-state index contributed by atoms with van der Waals surface area (Å²) in [4.78, 5) is 38.9. The highest BCUT2D eigenvalue weighted by molar-refractivity contribution is 5.96. The summed E-state index contributed by atoms with van der Waals surface area (Å²) >= 11 is 0. The van der Waals surface area contributed by atoms with E-state index >= 15 is 0 Å². The van der Waals surface area contributed by atoms with Crippen molar-refractivity contribution in [2.75, 3.05) is 25.0 Å². The Kier molecular flexibility index (Phi) is 9.26. The predicted octanol–water partition coefficient (Wildman–Crippen LogP) is 4.88. The molecule has 0 aromatic heterocycles. The number of hydrogen-bond donors (Lipinski definition) is 4. The Bertz CT molecular complexity index is 1230. The van der Waals surface area contributed by atoms with Gasteiger partial charge >= 0.3 is 12.2 Å². The number of amides is 4. The lowest BCUT2D eigenvalue weighted by Gasteiger charge is -2.46. The summed E-state index contributed by atoms with van der Waals surface area (Å²) in [5, 5.41) is 11.0. The van der Waals surface area contributed by atoms with Crippen LogP contribution in [-0.4, -0.2) is 60.0 Å². The summed E-state index contributed by atoms with van der Waals surface area (Å²) in [5.74, 6) is -0.622. The number of carbonyl (C=O) groups is 3. The normalized spacial score (nSPS) is 20.0. The van der Waals surface area contributed by atoms with Crippen molar-refractivity contribution in [2.24, 2.45) is 0 Å². The van der Waals surface area contributed by atoms with E-state index in [1.807, 2.05) is 32.9 Å². The Morgan fingerprint density at radius 2 is 1.59 bits per heavy atom. The first kappa shape index (κ1) is 30.4. The Hall–Kier alpha value is -3.60. The van der Waals surface area contributed by atoms with E-state index in [0.717, 1.165) is 56.6 Å². The quantitative estimate of drug-likeness (QED) is 0.379. The van der Waals surface area contributed by atoms with Gasteiger partial charge in [-0.3, -0.25) is 14.5 Å². The molecule has 2 fully saturated rings. The first-order chi connectivity index (χ1) is 19.3. The fraction of sp³-hybridized carbons (Fsp3) is 0.500. The van der Waals surface area contributed by atoms with Crippen molar-refractivity contribution in [2.45, 2.75) is 76.2 Å². The molecule has 1 saturated carbocycles. The minimum atomic E-state index is -4.54. The number of carbonyl (C=O) groups excluding carboxylic acids is 3. The minimum Gasteiger partial charge on any atom is -0.349 e. The molecule has 11 heteroatoms. The molecule has 1 aliphatic carbocycles. The fourth-order valence-electron chi connectivity index (χ4n) is 5.40. The maximum Gasteiger partial charge on any atom is 0.416 e. The van der Waals surface area contributed by atoms with Crippen LogP contribution in [0, 0.1) is 0 Å². The lowest BCUT2D eigenvalue weighted by Crippen LogP contribution is -2.63. The van der Waals surface area contributed by atoms with Gasteiger partial charge in [-0.05, 0) is 88.3 Å². The van der Waals surface area contributed by atoms with Crippen LogP contribution in [0.15, 0.2) is 48.5 Å². The van der Waals surface area contributed by atoms with Gasteiger partial charge in [0.25, 0.3) is 5.91 Å². The van der Waals surface area contributed by atoms with Crippen LogP contribution in [0.25, 0.3) is 0 Å². The lowest BCUT2D eigenvalue weighted by molar-refractivity contribution is -0.137. The number of rotatable bonds is 7. The van der Waals surface area contributed by atoms with Crippen LogP contribution in [0.4, 0.5) is 23.7 Å². The van der Waals surface area contributed by atoms with Crippen LogP contribution in [0.2, 0.25) is 0 Å². The molecule has 1 heterocycles. The second kappa shape index (κ2) is 12.5. The molecule has 0 spiro atoms. The smallest absolute Gasteiger partial charge is 0.349 e. The number of benzene rings is 2. The summed E-state index contributed by atoms with van der Waals surface area (Å²) < 4.78 is 38.6. The Morgan fingerprint density at radius 1 is 0.927 bits per heavy atom. The van der Waals surface area contributed by atoms with E-state index in [-0.39, 0.29) is 35.6 Å². The van der Waals surface area contributed by atoms with Gasteiger partial charge < -0.3 is 21.3 Å². The summed E-state index contributed by atoms with van der Waals surface area (Å²) in [5.41, 5.74) is 0.667. The van der Waals surface area contributed by atoms with Crippen molar-refractivity contribution in [1.82, 2.24) is 20.9 Å². The standard InChI is InChI=1S/C30H38F3N5O3/c1-29(2,3)37-28(41)36-23-11-7-19(8-12-23)20-9-13-25(14-10-20)38-17-24(18-38)35-26(39)16-34-27(40)21-5-4-6-22(15-21)30(31,32)33/h4-8,11-12,15,20,24-25H,9-10,13-14,16-18H2,1-3H3,(H,34,40)(H,35,39)(H2,36,37,41)/t20-,25+. The van der Waals surface area contributed by atoms with Crippen molar-refractivity contribution in [3.8, 4) is 0 Å². The average Bonchev–Trinajstić information content (AvgIpc) is 2.88. The molecule has 0 atom stereocenters. The zero-order valence-corrected chi connectivity index (χ0v) is 23.6. The molecule has 41 heavy (non-hydrogen) atoms. The predicted molar refractivity (Wildman–Crippen MR) is 151 cm³/mol. The SMILES string of the molecule is CC(C)(C)NC(=O)Nc1ccc([C@H]2CC[C@@H](N3CC(NC(=O)CNC(=O)c4cccc(C(F)(F)F)c4)C3)CC2)cc1. The molecule has 222 valence electrons. The van der Waals surface area contributed by atoms with Crippen molar-refractivity contribution in [3.05, 3.63) is 65.2 Å². The highest BCUT2D eigenvalue weighted by Gasteiger charge is 2.35. The Labute approximate surface area is 238 Å². The largest absolute Gasteiger partial charge is 0.416 e. The monoisotopic (exact) mass is 573 g/mol. The van der Waals surface area contributed by atoms with Gasteiger partial charge in [0.15, 0.2) is 0 Å². The topological polar surface area (TPSA) is 103 Å². The van der Waals surface area contributed by atoms with Crippen LogP contribution in [0.1, 0.15) is 73.9 Å². The molecule has 2 aromatic carbocycles. The van der Waals surface area contributed by atoms with Crippen LogP contribution in [-0.2, 0) is 11.0 Å². The average molecular weight is 574 g/mol. The maximum absolute atomic E-state index is 12.9. The van der Waals surface area contributed by atoms with Gasteiger partial charge in [-0.1, -0.05) is 18.2 Å². The zero-order chi connectivity index (χ0) is 29.8. The molecule has 0 bridgehead atoms. The van der Waals surface area contributed by atoms with Gasteiger partial charge in [0.1, 0.15) is 0 Å². The number of likely N-dealkylation sites (tertiary alicyclic amines) is 1. The molecule has 0 unspecified atom stereocenters. The van der Waals surface area contributed by atoms with E-state index in [1.54, 1.807) is 0 Å². The molecule has 1 saturated heterocycles. The third kappa shape index (κ3) is 8.69. The van der Waals surface area contributed by atoms with Gasteiger partial charge in [0, 0.05) is 35.9 Å². The fourth-order valence-corrected chi connectivity index (χ4v) is 5.40. The summed E-state index contributed by atoms with van der Waals surface area (Å²) in [7, 11) is 0. The third-order valence-electron chi connectivity index (χ3n) is 7.48. The maximum atomic E-state index is 12.9. The summed E-state index contributed by atoms with van der Waals surface area (Å²) in [6.07, 6.45) is -0.286. The van der Waals surface area contributed by atoms with Crippen molar-refractivity contribution in [1.29, 1.82) is 0 Å². The minimum absolute atomic E-state index is 0.0128. The van der Waals surface area contributed by atoms with Crippen LogP contribution < -0.4 is 21.3 Å². The van der Waals surface area contributed by atoms with Crippen molar-refractivity contribution < 1.29 is 27.6 Å². The first-order valence-electron chi connectivity index (χ1n) is 13.9. The molecular weight excluding hydrogens is 535 g/mol. The van der Waals surface area contributed by atoms with Crippen LogP contribution in [0.5, 0.6) is 0 Å². The summed E-state index contributed by atoms with van der Waals surface area (Å²) in [6, 6.07) is 12.4. The zero-order valence-electron chi connectivity index (χ0n) is 23.6. The van der Waals surface area contributed by atoms with E-state index in [4.69, 9.17) is 0 Å². The van der Waals surface area contributed by atoms with E-state index in [0.29, 0.717) is 12.0 Å².